The van der Waals surface area contributed by atoms with Crippen LogP contribution in [0.4, 0.5) is 4.39 Å². The number of carbonyl (C=O) groups is 1. The van der Waals surface area contributed by atoms with Crippen molar-refractivity contribution in [2.24, 2.45) is 0 Å². The van der Waals surface area contributed by atoms with E-state index in [4.69, 9.17) is 11.6 Å². The summed E-state index contributed by atoms with van der Waals surface area (Å²) in [7, 11) is 0. The highest BCUT2D eigenvalue weighted by Crippen LogP contribution is 2.05. The van der Waals surface area contributed by atoms with Crippen LogP contribution in [-0.4, -0.2) is 27.2 Å². The van der Waals surface area contributed by atoms with E-state index in [-0.39, 0.29) is 5.56 Å². The second-order valence-corrected chi connectivity index (χ2v) is 3.97. The smallest absolute Gasteiger partial charge is 0.254 e. The molecule has 0 bridgehead atoms. The van der Waals surface area contributed by atoms with Crippen LogP contribution in [0.3, 0.4) is 0 Å². The van der Waals surface area contributed by atoms with E-state index >= 15 is 0 Å². The molecule has 0 fully saturated rings. The summed E-state index contributed by atoms with van der Waals surface area (Å²) >= 11 is 5.69. The summed E-state index contributed by atoms with van der Waals surface area (Å²) in [5.41, 5.74) is -0.0245. The van der Waals surface area contributed by atoms with E-state index in [0.29, 0.717) is 18.1 Å². The summed E-state index contributed by atoms with van der Waals surface area (Å²) in [6, 6.07) is 1.33. The lowest BCUT2D eigenvalue weighted by molar-refractivity contribution is 0.0947. The normalized spacial score (nSPS) is 10.3. The second-order valence-electron chi connectivity index (χ2n) is 3.53. The standard InChI is InChI=1S/C11H10ClFN4O/c12-8-5-16-17(7-8)4-3-15-11(18)9-1-2-14-6-10(9)13/h1-2,5-7H,3-4H2,(H,15,18). The van der Waals surface area contributed by atoms with Gasteiger partial charge in [0.15, 0.2) is 5.82 Å². The fraction of sp³-hybridized carbons (Fsp3) is 0.182. The van der Waals surface area contributed by atoms with Gasteiger partial charge in [-0.25, -0.2) is 4.39 Å². The van der Waals surface area contributed by atoms with Gasteiger partial charge in [0, 0.05) is 18.9 Å². The SMILES string of the molecule is O=C(NCCn1cc(Cl)cn1)c1ccncc1F. The third-order valence-electron chi connectivity index (χ3n) is 2.25. The average molecular weight is 269 g/mol. The average Bonchev–Trinajstić information content (AvgIpc) is 2.75. The lowest BCUT2D eigenvalue weighted by Crippen LogP contribution is -2.28. The molecule has 0 radical (unpaired) electrons. The Morgan fingerprint density at radius 3 is 3.00 bits per heavy atom. The summed E-state index contributed by atoms with van der Waals surface area (Å²) in [5, 5.41) is 7.07. The van der Waals surface area contributed by atoms with E-state index in [0.717, 1.165) is 6.20 Å². The monoisotopic (exact) mass is 268 g/mol. The molecule has 0 aliphatic carbocycles. The van der Waals surface area contributed by atoms with Crippen molar-refractivity contribution in [3.05, 3.63) is 47.3 Å². The van der Waals surface area contributed by atoms with Crippen molar-refractivity contribution in [3.63, 3.8) is 0 Å². The quantitative estimate of drug-likeness (QED) is 0.914. The summed E-state index contributed by atoms with van der Waals surface area (Å²) in [6.07, 6.45) is 5.51. The molecule has 2 aromatic rings. The number of nitrogens with one attached hydrogen (secondary N) is 1. The van der Waals surface area contributed by atoms with Gasteiger partial charge in [-0.15, -0.1) is 0 Å². The summed E-state index contributed by atoms with van der Waals surface area (Å²) in [5.74, 6) is -1.12. The Balaban J connectivity index is 1.87. The van der Waals surface area contributed by atoms with Crippen molar-refractivity contribution in [1.82, 2.24) is 20.1 Å². The van der Waals surface area contributed by atoms with Gasteiger partial charge in [0.25, 0.3) is 5.91 Å². The van der Waals surface area contributed by atoms with Crippen LogP contribution in [0.15, 0.2) is 30.9 Å². The number of amides is 1. The van der Waals surface area contributed by atoms with Crippen molar-refractivity contribution in [2.45, 2.75) is 6.54 Å². The van der Waals surface area contributed by atoms with Gasteiger partial charge in [-0.3, -0.25) is 14.5 Å². The van der Waals surface area contributed by atoms with Gasteiger partial charge in [0.05, 0.1) is 29.5 Å². The van der Waals surface area contributed by atoms with Crippen molar-refractivity contribution in [2.75, 3.05) is 6.54 Å². The molecule has 7 heteroatoms. The predicted octanol–water partition coefficient (Wildman–Crippen LogP) is 1.50. The van der Waals surface area contributed by atoms with Crippen LogP contribution in [-0.2, 0) is 6.54 Å². The van der Waals surface area contributed by atoms with Crippen molar-refractivity contribution in [1.29, 1.82) is 0 Å². The van der Waals surface area contributed by atoms with Crippen LogP contribution in [0.5, 0.6) is 0 Å². The maximum absolute atomic E-state index is 13.2. The van der Waals surface area contributed by atoms with Crippen LogP contribution in [0, 0.1) is 5.82 Å². The molecule has 0 aliphatic heterocycles. The minimum absolute atomic E-state index is 0.0245. The van der Waals surface area contributed by atoms with E-state index < -0.39 is 11.7 Å². The number of halogens is 2. The molecule has 5 nitrogen and oxygen atoms in total. The molecule has 0 atom stereocenters. The van der Waals surface area contributed by atoms with Gasteiger partial charge in [-0.05, 0) is 6.07 Å². The number of aromatic nitrogens is 3. The van der Waals surface area contributed by atoms with Gasteiger partial charge >= 0.3 is 0 Å². The van der Waals surface area contributed by atoms with Crippen molar-refractivity contribution < 1.29 is 9.18 Å². The van der Waals surface area contributed by atoms with Gasteiger partial charge in [-0.1, -0.05) is 11.6 Å². The molecule has 0 unspecified atom stereocenters. The molecule has 2 heterocycles. The van der Waals surface area contributed by atoms with E-state index in [1.807, 2.05) is 0 Å². The number of hydrogen-bond donors (Lipinski definition) is 1. The number of pyridine rings is 1. The molecule has 1 N–H and O–H groups in total. The Bertz CT molecular complexity index is 557. The second kappa shape index (κ2) is 5.59. The van der Waals surface area contributed by atoms with E-state index in [1.165, 1.54) is 18.5 Å². The lowest BCUT2D eigenvalue weighted by atomic mass is 10.2. The zero-order chi connectivity index (χ0) is 13.0. The first-order chi connectivity index (χ1) is 8.66. The highest BCUT2D eigenvalue weighted by Gasteiger charge is 2.10. The Morgan fingerprint density at radius 2 is 2.33 bits per heavy atom. The van der Waals surface area contributed by atoms with Crippen molar-refractivity contribution >= 4 is 17.5 Å². The number of rotatable bonds is 4. The summed E-state index contributed by atoms with van der Waals surface area (Å²) in [4.78, 5) is 15.2. The lowest BCUT2D eigenvalue weighted by Gasteiger charge is -2.05. The molecule has 0 saturated heterocycles. The maximum Gasteiger partial charge on any atom is 0.254 e. The van der Waals surface area contributed by atoms with Crippen LogP contribution in [0.1, 0.15) is 10.4 Å². The minimum atomic E-state index is -0.642. The summed E-state index contributed by atoms with van der Waals surface area (Å²) < 4.78 is 14.8. The first-order valence-corrected chi connectivity index (χ1v) is 5.60. The molecular formula is C11H10ClFN4O. The molecule has 2 rings (SSSR count). The Kier molecular flexibility index (Phi) is 3.88. The molecule has 1 amide bonds. The maximum atomic E-state index is 13.2. The number of hydrogen-bond acceptors (Lipinski definition) is 3. The molecule has 0 aliphatic rings. The third-order valence-corrected chi connectivity index (χ3v) is 2.44. The van der Waals surface area contributed by atoms with Gasteiger partial charge in [-0.2, -0.15) is 5.10 Å². The number of nitrogens with zero attached hydrogens (tertiary/aromatic N) is 3. The highest BCUT2D eigenvalue weighted by molar-refractivity contribution is 6.30. The summed E-state index contributed by atoms with van der Waals surface area (Å²) in [6.45, 7) is 0.795. The number of carbonyl (C=O) groups excluding carboxylic acids is 1. The van der Waals surface area contributed by atoms with Gasteiger partial charge in [0.1, 0.15) is 0 Å². The molecule has 0 spiro atoms. The fourth-order valence-corrected chi connectivity index (χ4v) is 1.56. The van der Waals surface area contributed by atoms with Gasteiger partial charge in [0.2, 0.25) is 0 Å². The Hall–Kier alpha value is -1.95. The molecule has 94 valence electrons. The molecular weight excluding hydrogens is 259 g/mol. The van der Waals surface area contributed by atoms with E-state index in [1.54, 1.807) is 10.9 Å². The molecule has 0 saturated carbocycles. The molecule has 2 aromatic heterocycles. The minimum Gasteiger partial charge on any atom is -0.350 e. The topological polar surface area (TPSA) is 59.8 Å². The van der Waals surface area contributed by atoms with Crippen molar-refractivity contribution in [3.8, 4) is 0 Å². The molecule has 0 aromatic carbocycles. The van der Waals surface area contributed by atoms with Crippen LogP contribution in [0.25, 0.3) is 0 Å². The Labute approximate surface area is 108 Å². The third kappa shape index (κ3) is 3.04. The zero-order valence-electron chi connectivity index (χ0n) is 9.31. The zero-order valence-corrected chi connectivity index (χ0v) is 10.1. The van der Waals surface area contributed by atoms with Crippen LogP contribution in [0.2, 0.25) is 5.02 Å². The van der Waals surface area contributed by atoms with E-state index in [2.05, 4.69) is 15.4 Å². The largest absolute Gasteiger partial charge is 0.350 e. The van der Waals surface area contributed by atoms with Crippen LogP contribution >= 0.6 is 11.6 Å². The fourth-order valence-electron chi connectivity index (χ4n) is 1.40. The van der Waals surface area contributed by atoms with E-state index in [9.17, 15) is 9.18 Å². The van der Waals surface area contributed by atoms with Crippen LogP contribution < -0.4 is 5.32 Å². The Morgan fingerprint density at radius 1 is 1.50 bits per heavy atom. The van der Waals surface area contributed by atoms with Gasteiger partial charge < -0.3 is 5.32 Å². The first kappa shape index (κ1) is 12.5. The molecule has 18 heavy (non-hydrogen) atoms. The first-order valence-electron chi connectivity index (χ1n) is 5.22. The highest BCUT2D eigenvalue weighted by atomic mass is 35.5. The predicted molar refractivity (Wildman–Crippen MR) is 63.8 cm³/mol.